The lowest BCUT2D eigenvalue weighted by molar-refractivity contribution is -0.147. The first kappa shape index (κ1) is 23.2. The second kappa shape index (κ2) is 8.90. The number of methoxy groups -OCH3 is 1. The molecule has 0 N–H and O–H groups in total. The van der Waals surface area contributed by atoms with Crippen LogP contribution < -0.4 is 0 Å². The molecule has 1 aromatic heterocycles. The standard InChI is InChI=1S/C19H28N2O7/c1-18(2,3)27-16(24)21(17(25)28-19(4,5)6)14(15(23)26-7)11-20-10-8-9-13(20)12-22/h8-10,12,14H,11H2,1-7H3. The van der Waals surface area contributed by atoms with Gasteiger partial charge in [-0.25, -0.2) is 14.4 Å². The first-order chi connectivity index (χ1) is 12.8. The third-order valence-corrected chi connectivity index (χ3v) is 3.32. The van der Waals surface area contributed by atoms with E-state index >= 15 is 0 Å². The Labute approximate surface area is 164 Å². The van der Waals surface area contributed by atoms with E-state index in [1.807, 2.05) is 0 Å². The van der Waals surface area contributed by atoms with Crippen LogP contribution in [0.2, 0.25) is 0 Å². The number of rotatable bonds is 5. The van der Waals surface area contributed by atoms with Crippen LogP contribution in [-0.2, 0) is 25.5 Å². The number of esters is 1. The molecule has 0 bridgehead atoms. The third-order valence-electron chi connectivity index (χ3n) is 3.32. The van der Waals surface area contributed by atoms with Crippen LogP contribution in [0.1, 0.15) is 52.0 Å². The molecule has 0 aliphatic rings. The van der Waals surface area contributed by atoms with E-state index in [0.29, 0.717) is 11.2 Å². The summed E-state index contributed by atoms with van der Waals surface area (Å²) in [5, 5.41) is 0. The number of amides is 2. The number of hydrogen-bond donors (Lipinski definition) is 0. The highest BCUT2D eigenvalue weighted by Crippen LogP contribution is 2.19. The molecule has 0 spiro atoms. The van der Waals surface area contributed by atoms with Gasteiger partial charge in [0.2, 0.25) is 0 Å². The van der Waals surface area contributed by atoms with E-state index in [4.69, 9.17) is 14.2 Å². The van der Waals surface area contributed by atoms with Crippen molar-refractivity contribution in [2.45, 2.75) is 65.3 Å². The highest BCUT2D eigenvalue weighted by molar-refractivity contribution is 5.94. The molecule has 0 saturated heterocycles. The van der Waals surface area contributed by atoms with E-state index in [9.17, 15) is 19.2 Å². The maximum Gasteiger partial charge on any atom is 0.420 e. The van der Waals surface area contributed by atoms with Gasteiger partial charge in [0.05, 0.1) is 19.3 Å². The average molecular weight is 396 g/mol. The number of carbonyl (C=O) groups excluding carboxylic acids is 4. The molecule has 28 heavy (non-hydrogen) atoms. The zero-order valence-electron chi connectivity index (χ0n) is 17.3. The molecule has 0 aliphatic carbocycles. The smallest absolute Gasteiger partial charge is 0.420 e. The van der Waals surface area contributed by atoms with Crippen molar-refractivity contribution in [2.75, 3.05) is 7.11 Å². The van der Waals surface area contributed by atoms with Crippen LogP contribution >= 0.6 is 0 Å². The number of ether oxygens (including phenoxy) is 3. The number of aromatic nitrogens is 1. The molecule has 9 nitrogen and oxygen atoms in total. The van der Waals surface area contributed by atoms with Crippen molar-refractivity contribution >= 4 is 24.4 Å². The highest BCUT2D eigenvalue weighted by Gasteiger charge is 2.41. The summed E-state index contributed by atoms with van der Waals surface area (Å²) in [6, 6.07) is 1.73. The first-order valence-corrected chi connectivity index (χ1v) is 8.72. The van der Waals surface area contributed by atoms with Crippen molar-refractivity contribution < 1.29 is 33.4 Å². The van der Waals surface area contributed by atoms with E-state index in [0.717, 1.165) is 7.11 Å². The van der Waals surface area contributed by atoms with E-state index in [2.05, 4.69) is 0 Å². The Hall–Kier alpha value is -2.84. The van der Waals surface area contributed by atoms with Crippen molar-refractivity contribution in [3.63, 3.8) is 0 Å². The van der Waals surface area contributed by atoms with Gasteiger partial charge in [-0.1, -0.05) is 0 Å². The van der Waals surface area contributed by atoms with Crippen LogP contribution in [0.3, 0.4) is 0 Å². The second-order valence-electron chi connectivity index (χ2n) is 8.07. The second-order valence-corrected chi connectivity index (χ2v) is 8.07. The van der Waals surface area contributed by atoms with Gasteiger partial charge < -0.3 is 18.8 Å². The quantitative estimate of drug-likeness (QED) is 0.428. The minimum absolute atomic E-state index is 0.202. The van der Waals surface area contributed by atoms with E-state index < -0.39 is 35.4 Å². The fraction of sp³-hybridized carbons (Fsp3) is 0.579. The topological polar surface area (TPSA) is 104 Å². The van der Waals surface area contributed by atoms with Crippen LogP contribution in [0.25, 0.3) is 0 Å². The van der Waals surface area contributed by atoms with Gasteiger partial charge in [-0.2, -0.15) is 4.90 Å². The van der Waals surface area contributed by atoms with Gasteiger partial charge in [0.15, 0.2) is 12.3 Å². The molecule has 1 rings (SSSR count). The Balaban J connectivity index is 3.36. The van der Waals surface area contributed by atoms with Crippen LogP contribution in [0.4, 0.5) is 9.59 Å². The Bertz CT molecular complexity index is 697. The van der Waals surface area contributed by atoms with Gasteiger partial charge in [-0.15, -0.1) is 0 Å². The van der Waals surface area contributed by atoms with Gasteiger partial charge in [-0.05, 0) is 53.7 Å². The molecule has 0 fully saturated rings. The summed E-state index contributed by atoms with van der Waals surface area (Å²) in [4.78, 5) is 49.7. The Kier molecular flexibility index (Phi) is 7.37. The number of aldehydes is 1. The fourth-order valence-electron chi connectivity index (χ4n) is 2.24. The predicted octanol–water partition coefficient (Wildman–Crippen LogP) is 3.01. The lowest BCUT2D eigenvalue weighted by Gasteiger charge is -2.32. The number of imide groups is 1. The maximum absolute atomic E-state index is 12.7. The summed E-state index contributed by atoms with van der Waals surface area (Å²) in [6.07, 6.45) is 0.0238. The molecular formula is C19H28N2O7. The summed E-state index contributed by atoms with van der Waals surface area (Å²) in [6.45, 7) is 9.56. The zero-order valence-corrected chi connectivity index (χ0v) is 17.3. The van der Waals surface area contributed by atoms with Gasteiger partial charge in [0.25, 0.3) is 0 Å². The summed E-state index contributed by atoms with van der Waals surface area (Å²) in [5.74, 6) is -0.859. The van der Waals surface area contributed by atoms with Crippen molar-refractivity contribution in [1.82, 2.24) is 9.47 Å². The number of hydrogen-bond acceptors (Lipinski definition) is 7. The minimum Gasteiger partial charge on any atom is -0.467 e. The van der Waals surface area contributed by atoms with Gasteiger partial charge in [-0.3, -0.25) is 4.79 Å². The molecule has 1 heterocycles. The number of nitrogens with zero attached hydrogens (tertiary/aromatic N) is 2. The Morgan fingerprint density at radius 1 is 1.07 bits per heavy atom. The average Bonchev–Trinajstić information content (AvgIpc) is 2.97. The van der Waals surface area contributed by atoms with Crippen molar-refractivity contribution in [3.8, 4) is 0 Å². The minimum atomic E-state index is -1.40. The molecule has 156 valence electrons. The van der Waals surface area contributed by atoms with E-state index in [1.54, 1.807) is 53.8 Å². The molecule has 9 heteroatoms. The van der Waals surface area contributed by atoms with Crippen LogP contribution in [-0.4, -0.2) is 58.3 Å². The van der Waals surface area contributed by atoms with E-state index in [1.165, 1.54) is 10.6 Å². The van der Waals surface area contributed by atoms with Crippen LogP contribution in [0.5, 0.6) is 0 Å². The normalized spacial score (nSPS) is 12.7. The fourth-order valence-corrected chi connectivity index (χ4v) is 2.24. The van der Waals surface area contributed by atoms with Gasteiger partial charge >= 0.3 is 18.2 Å². The van der Waals surface area contributed by atoms with E-state index in [-0.39, 0.29) is 12.2 Å². The molecule has 0 radical (unpaired) electrons. The molecule has 0 aromatic carbocycles. The molecule has 1 atom stereocenters. The summed E-state index contributed by atoms with van der Waals surface area (Å²) < 4.78 is 16.8. The molecule has 2 amide bonds. The SMILES string of the molecule is COC(=O)C(Cn1cccc1C=O)N(C(=O)OC(C)(C)C)C(=O)OC(C)(C)C. The summed E-state index contributed by atoms with van der Waals surface area (Å²) >= 11 is 0. The van der Waals surface area contributed by atoms with Crippen molar-refractivity contribution in [1.29, 1.82) is 0 Å². The van der Waals surface area contributed by atoms with Gasteiger partial charge in [0, 0.05) is 6.20 Å². The highest BCUT2D eigenvalue weighted by atomic mass is 16.6. The van der Waals surface area contributed by atoms with Crippen molar-refractivity contribution in [2.24, 2.45) is 0 Å². The lowest BCUT2D eigenvalue weighted by Crippen LogP contribution is -2.53. The largest absolute Gasteiger partial charge is 0.467 e. The maximum atomic E-state index is 12.7. The number of carbonyl (C=O) groups is 4. The molecule has 1 unspecified atom stereocenters. The van der Waals surface area contributed by atoms with Crippen LogP contribution in [0.15, 0.2) is 18.3 Å². The Morgan fingerprint density at radius 3 is 1.96 bits per heavy atom. The predicted molar refractivity (Wildman–Crippen MR) is 99.9 cm³/mol. The van der Waals surface area contributed by atoms with Gasteiger partial charge in [0.1, 0.15) is 11.2 Å². The monoisotopic (exact) mass is 396 g/mol. The molecule has 1 aromatic rings. The summed E-state index contributed by atoms with van der Waals surface area (Å²) in [7, 11) is 1.13. The van der Waals surface area contributed by atoms with Crippen molar-refractivity contribution in [3.05, 3.63) is 24.0 Å². The summed E-state index contributed by atoms with van der Waals surface area (Å²) in [5.41, 5.74) is -1.57. The zero-order chi connectivity index (χ0) is 21.7. The molecule has 0 saturated carbocycles. The van der Waals surface area contributed by atoms with Crippen LogP contribution in [0, 0.1) is 0 Å². The lowest BCUT2D eigenvalue weighted by atomic mass is 10.2. The molecule has 0 aliphatic heterocycles. The first-order valence-electron chi connectivity index (χ1n) is 8.72. The Morgan fingerprint density at radius 2 is 1.57 bits per heavy atom. The third kappa shape index (κ3) is 6.71. The molecular weight excluding hydrogens is 368 g/mol.